The molecule has 1 amide bonds. The molecule has 1 fully saturated rings. The van der Waals surface area contributed by atoms with Crippen molar-refractivity contribution >= 4 is 29.3 Å². The van der Waals surface area contributed by atoms with Gasteiger partial charge in [-0.05, 0) is 50.0 Å². The predicted molar refractivity (Wildman–Crippen MR) is 141 cm³/mol. The summed E-state index contributed by atoms with van der Waals surface area (Å²) in [7, 11) is 3.32. The Hall–Kier alpha value is -3.58. The maximum Gasteiger partial charge on any atom is 0.296 e. The number of rotatable bonds is 6. The average Bonchev–Trinajstić information content (AvgIpc) is 3.49. The number of hydrazone groups is 1. The predicted octanol–water partition coefficient (Wildman–Crippen LogP) is 6.01. The largest absolute Gasteiger partial charge is 0.496 e. The van der Waals surface area contributed by atoms with Gasteiger partial charge in [-0.3, -0.25) is 9.48 Å². The van der Waals surface area contributed by atoms with Crippen LogP contribution in [0.2, 0.25) is 5.02 Å². The van der Waals surface area contributed by atoms with Crippen LogP contribution in [0.25, 0.3) is 6.08 Å². The Morgan fingerprint density at radius 2 is 1.83 bits per heavy atom. The Balaban J connectivity index is 1.63. The van der Waals surface area contributed by atoms with Crippen LogP contribution in [-0.4, -0.2) is 40.6 Å². The number of carbonyl (C=O) groups is 1. The lowest BCUT2D eigenvalue weighted by molar-refractivity contribution is 0.0671. The second-order valence-corrected chi connectivity index (χ2v) is 9.32. The maximum absolute atomic E-state index is 13.9. The van der Waals surface area contributed by atoms with E-state index < -0.39 is 0 Å². The van der Waals surface area contributed by atoms with E-state index >= 15 is 0 Å². The third kappa shape index (κ3) is 4.28. The van der Waals surface area contributed by atoms with Gasteiger partial charge in [0.15, 0.2) is 5.69 Å². The van der Waals surface area contributed by atoms with E-state index in [4.69, 9.17) is 26.2 Å². The standard InChI is InChI=1S/C28H29ClN4O3/c1-4-32-17-22(29)26(30-32)28(34)33-27(20-12-6-8-15-24(20)36-3)21-13-9-11-19(25(21)31-33)16-18-10-5-7-14-23(18)35-2/h5-8,10,12,14-17,21,27H,4,9,11,13H2,1-3H3/b19-16+/t21-,27-/m0/s1. The monoisotopic (exact) mass is 504 g/mol. The van der Waals surface area contributed by atoms with Gasteiger partial charge < -0.3 is 9.47 Å². The summed E-state index contributed by atoms with van der Waals surface area (Å²) in [5.74, 6) is 1.23. The number of hydrogen-bond acceptors (Lipinski definition) is 5. The highest BCUT2D eigenvalue weighted by atomic mass is 35.5. The minimum atomic E-state index is -0.326. The SMILES string of the molecule is CCn1cc(Cl)c(C(=O)N2N=C3/C(=C/c4ccccc4OC)CCC[C@@H]3[C@@H]2c2ccccc2OC)n1. The lowest BCUT2D eigenvalue weighted by Crippen LogP contribution is -2.32. The molecule has 2 aliphatic rings. The fourth-order valence-electron chi connectivity index (χ4n) is 5.17. The summed E-state index contributed by atoms with van der Waals surface area (Å²) in [6.07, 6.45) is 6.58. The van der Waals surface area contributed by atoms with Crippen molar-refractivity contribution in [2.24, 2.45) is 11.0 Å². The first-order chi connectivity index (χ1) is 17.5. The van der Waals surface area contributed by atoms with E-state index in [1.54, 1.807) is 30.1 Å². The molecule has 0 unspecified atom stereocenters. The quantitative estimate of drug-likeness (QED) is 0.412. The van der Waals surface area contributed by atoms with Gasteiger partial charge >= 0.3 is 0 Å². The molecule has 8 heteroatoms. The molecule has 7 nitrogen and oxygen atoms in total. The van der Waals surface area contributed by atoms with Gasteiger partial charge in [-0.1, -0.05) is 48.0 Å². The van der Waals surface area contributed by atoms with Crippen LogP contribution in [0.1, 0.15) is 53.8 Å². The molecule has 2 aromatic carbocycles. The number of hydrogen-bond donors (Lipinski definition) is 0. The van der Waals surface area contributed by atoms with Gasteiger partial charge in [0.05, 0.1) is 31.0 Å². The molecule has 0 N–H and O–H groups in total. The number of nitrogens with zero attached hydrogens (tertiary/aromatic N) is 4. The second-order valence-electron chi connectivity index (χ2n) is 8.91. The number of carbonyl (C=O) groups excluding carboxylic acids is 1. The third-order valence-corrected chi connectivity index (χ3v) is 7.16. The van der Waals surface area contributed by atoms with Crippen molar-refractivity contribution in [1.82, 2.24) is 14.8 Å². The molecule has 3 aromatic rings. The number of ether oxygens (including phenoxy) is 2. The summed E-state index contributed by atoms with van der Waals surface area (Å²) >= 11 is 6.44. The molecule has 186 valence electrons. The molecular weight excluding hydrogens is 476 g/mol. The van der Waals surface area contributed by atoms with Crippen LogP contribution in [0.3, 0.4) is 0 Å². The minimum absolute atomic E-state index is 0.0204. The number of aryl methyl sites for hydroxylation is 1. The average molecular weight is 505 g/mol. The number of amides is 1. The zero-order valence-electron chi connectivity index (χ0n) is 20.6. The highest BCUT2D eigenvalue weighted by molar-refractivity contribution is 6.33. The number of aromatic nitrogens is 2. The van der Waals surface area contributed by atoms with Gasteiger partial charge in [0.2, 0.25) is 0 Å². The molecule has 0 spiro atoms. The summed E-state index contributed by atoms with van der Waals surface area (Å²) < 4.78 is 12.9. The number of fused-ring (bicyclic) bond motifs is 1. The van der Waals surface area contributed by atoms with Crippen LogP contribution in [0.15, 0.2) is 65.4 Å². The van der Waals surface area contributed by atoms with Gasteiger partial charge in [-0.2, -0.15) is 10.2 Å². The van der Waals surface area contributed by atoms with E-state index in [1.165, 1.54) is 0 Å². The van der Waals surface area contributed by atoms with Crippen LogP contribution in [-0.2, 0) is 6.54 Å². The molecule has 2 heterocycles. The fraction of sp³-hybridized carbons (Fsp3) is 0.321. The number of allylic oxidation sites excluding steroid dienone is 1. The highest BCUT2D eigenvalue weighted by Crippen LogP contribution is 2.47. The van der Waals surface area contributed by atoms with Crippen molar-refractivity contribution in [1.29, 1.82) is 0 Å². The number of benzene rings is 2. The molecule has 36 heavy (non-hydrogen) atoms. The topological polar surface area (TPSA) is 69.0 Å². The zero-order chi connectivity index (χ0) is 25.2. The Kier molecular flexibility index (Phi) is 6.83. The Bertz CT molecular complexity index is 1350. The second kappa shape index (κ2) is 10.2. The van der Waals surface area contributed by atoms with Crippen LogP contribution in [0.4, 0.5) is 0 Å². The van der Waals surface area contributed by atoms with Crippen molar-refractivity contribution < 1.29 is 14.3 Å². The van der Waals surface area contributed by atoms with E-state index in [2.05, 4.69) is 11.2 Å². The third-order valence-electron chi connectivity index (χ3n) is 6.88. The fourth-order valence-corrected chi connectivity index (χ4v) is 5.40. The lowest BCUT2D eigenvalue weighted by Gasteiger charge is -2.30. The van der Waals surface area contributed by atoms with Crippen LogP contribution in [0, 0.1) is 5.92 Å². The van der Waals surface area contributed by atoms with Crippen LogP contribution >= 0.6 is 11.6 Å². The molecule has 1 saturated carbocycles. The van der Waals surface area contributed by atoms with E-state index in [0.29, 0.717) is 11.6 Å². The van der Waals surface area contributed by atoms with Crippen molar-refractivity contribution in [3.05, 3.63) is 82.1 Å². The Morgan fingerprint density at radius 3 is 2.56 bits per heavy atom. The number of halogens is 1. The van der Waals surface area contributed by atoms with Crippen LogP contribution < -0.4 is 9.47 Å². The minimum Gasteiger partial charge on any atom is -0.496 e. The maximum atomic E-state index is 13.9. The van der Waals surface area contributed by atoms with Crippen LogP contribution in [0.5, 0.6) is 11.5 Å². The van der Waals surface area contributed by atoms with Gasteiger partial charge in [0.25, 0.3) is 5.91 Å². The summed E-state index contributed by atoms with van der Waals surface area (Å²) in [6.45, 7) is 2.57. The summed E-state index contributed by atoms with van der Waals surface area (Å²) in [6, 6.07) is 15.4. The van der Waals surface area contributed by atoms with E-state index in [-0.39, 0.29) is 23.6 Å². The van der Waals surface area contributed by atoms with Crippen molar-refractivity contribution in [2.45, 2.75) is 38.8 Å². The first kappa shape index (κ1) is 24.1. The van der Waals surface area contributed by atoms with E-state index in [9.17, 15) is 4.79 Å². The molecule has 5 rings (SSSR count). The molecular formula is C28H29ClN4O3. The molecule has 0 bridgehead atoms. The van der Waals surface area contributed by atoms with Gasteiger partial charge in [-0.25, -0.2) is 5.01 Å². The smallest absolute Gasteiger partial charge is 0.296 e. The first-order valence-corrected chi connectivity index (χ1v) is 12.5. The lowest BCUT2D eigenvalue weighted by atomic mass is 9.77. The number of methoxy groups -OCH3 is 2. The van der Waals surface area contributed by atoms with Gasteiger partial charge in [-0.15, -0.1) is 0 Å². The highest BCUT2D eigenvalue weighted by Gasteiger charge is 2.45. The normalized spacial score (nSPS) is 20.3. The molecule has 1 aliphatic carbocycles. The van der Waals surface area contributed by atoms with Gasteiger partial charge in [0, 0.05) is 29.8 Å². The summed E-state index contributed by atoms with van der Waals surface area (Å²) in [4.78, 5) is 13.9. The van der Waals surface area contributed by atoms with Crippen molar-refractivity contribution in [3.8, 4) is 11.5 Å². The molecule has 0 radical (unpaired) electrons. The Labute approximate surface area is 216 Å². The molecule has 2 atom stereocenters. The molecule has 1 aliphatic heterocycles. The zero-order valence-corrected chi connectivity index (χ0v) is 21.4. The summed E-state index contributed by atoms with van der Waals surface area (Å²) in [5, 5.41) is 11.3. The van der Waals surface area contributed by atoms with E-state index in [1.807, 2.05) is 55.5 Å². The van der Waals surface area contributed by atoms with Crippen molar-refractivity contribution in [3.63, 3.8) is 0 Å². The summed E-state index contributed by atoms with van der Waals surface area (Å²) in [5.41, 5.74) is 4.14. The number of para-hydroxylation sites is 2. The molecule has 1 aromatic heterocycles. The van der Waals surface area contributed by atoms with Gasteiger partial charge in [0.1, 0.15) is 11.5 Å². The Morgan fingerprint density at radius 1 is 1.11 bits per heavy atom. The first-order valence-electron chi connectivity index (χ1n) is 12.2. The van der Waals surface area contributed by atoms with E-state index in [0.717, 1.165) is 53.2 Å². The van der Waals surface area contributed by atoms with Crippen molar-refractivity contribution in [2.75, 3.05) is 14.2 Å². The molecule has 0 saturated heterocycles.